The monoisotopic (exact) mass is 476 g/mol. The van der Waals surface area contributed by atoms with Crippen molar-refractivity contribution in [3.63, 3.8) is 0 Å². The Balaban J connectivity index is 1.13. The maximum Gasteiger partial charge on any atom is 0.317 e. The number of nitrogens with one attached hydrogen (secondary N) is 2. The highest BCUT2D eigenvalue weighted by Gasteiger charge is 2.43. The molecule has 2 amide bonds. The average molecular weight is 477 g/mol. The number of hydrogen-bond acceptors (Lipinski definition) is 4. The number of aromatic nitrogens is 2. The largest absolute Gasteiger partial charge is 0.334 e. The molecule has 7 nitrogen and oxygen atoms in total. The van der Waals surface area contributed by atoms with Crippen molar-refractivity contribution in [3.8, 4) is 0 Å². The third-order valence-electron chi connectivity index (χ3n) is 8.29. The van der Waals surface area contributed by atoms with Gasteiger partial charge in [0.2, 0.25) is 0 Å². The van der Waals surface area contributed by atoms with Gasteiger partial charge in [-0.05, 0) is 45.1 Å². The van der Waals surface area contributed by atoms with Crippen molar-refractivity contribution in [3.05, 3.63) is 64.4 Å². The minimum atomic E-state index is -0.146. The van der Waals surface area contributed by atoms with Crippen LogP contribution in [0.4, 0.5) is 9.18 Å². The third-order valence-corrected chi connectivity index (χ3v) is 8.29. The van der Waals surface area contributed by atoms with Gasteiger partial charge < -0.3 is 10.2 Å². The van der Waals surface area contributed by atoms with E-state index in [1.54, 1.807) is 6.07 Å². The molecule has 4 aliphatic heterocycles. The Kier molecular flexibility index (Phi) is 5.92. The SMILES string of the molecule is CC1=CC(c2n[nH]c3c2CN(C(=O)NC2CCC4CCC2N4Cc2ccccc2F)CC3)CC=N1. The summed E-state index contributed by atoms with van der Waals surface area (Å²) in [5.74, 6) is 0.0589. The van der Waals surface area contributed by atoms with E-state index in [-0.39, 0.29) is 29.8 Å². The molecule has 4 aliphatic rings. The van der Waals surface area contributed by atoms with Gasteiger partial charge in [0.05, 0.1) is 12.2 Å². The highest BCUT2D eigenvalue weighted by atomic mass is 19.1. The summed E-state index contributed by atoms with van der Waals surface area (Å²) in [7, 11) is 0. The molecule has 184 valence electrons. The van der Waals surface area contributed by atoms with Gasteiger partial charge in [0.15, 0.2) is 0 Å². The molecule has 0 saturated carbocycles. The molecule has 2 fully saturated rings. The van der Waals surface area contributed by atoms with Crippen LogP contribution < -0.4 is 5.32 Å². The van der Waals surface area contributed by atoms with Gasteiger partial charge in [-0.2, -0.15) is 5.10 Å². The van der Waals surface area contributed by atoms with Crippen molar-refractivity contribution < 1.29 is 9.18 Å². The molecule has 6 rings (SSSR count). The smallest absolute Gasteiger partial charge is 0.317 e. The summed E-state index contributed by atoms with van der Waals surface area (Å²) in [6, 6.07) is 7.88. The number of nitrogens with zero attached hydrogens (tertiary/aromatic N) is 4. The Hall–Kier alpha value is -3.00. The van der Waals surface area contributed by atoms with E-state index < -0.39 is 0 Å². The first-order valence-electron chi connectivity index (χ1n) is 12.9. The number of halogens is 1. The first-order valence-corrected chi connectivity index (χ1v) is 12.9. The van der Waals surface area contributed by atoms with Crippen molar-refractivity contribution in [2.24, 2.45) is 4.99 Å². The van der Waals surface area contributed by atoms with E-state index in [1.165, 1.54) is 6.07 Å². The molecule has 4 atom stereocenters. The fourth-order valence-electron chi connectivity index (χ4n) is 6.46. The summed E-state index contributed by atoms with van der Waals surface area (Å²) < 4.78 is 14.3. The van der Waals surface area contributed by atoms with Crippen LogP contribution in [-0.2, 0) is 19.5 Å². The zero-order valence-corrected chi connectivity index (χ0v) is 20.2. The van der Waals surface area contributed by atoms with Gasteiger partial charge in [0, 0.05) is 72.3 Å². The molecule has 4 unspecified atom stereocenters. The molecule has 2 aromatic rings. The lowest BCUT2D eigenvalue weighted by molar-refractivity contribution is 0.0974. The molecule has 2 N–H and O–H groups in total. The lowest BCUT2D eigenvalue weighted by atomic mass is 9.93. The topological polar surface area (TPSA) is 76.6 Å². The van der Waals surface area contributed by atoms with Gasteiger partial charge in [-0.15, -0.1) is 0 Å². The van der Waals surface area contributed by atoms with Crippen molar-refractivity contribution in [1.82, 2.24) is 25.3 Å². The maximum atomic E-state index is 14.3. The summed E-state index contributed by atoms with van der Waals surface area (Å²) in [4.78, 5) is 22.1. The maximum absolute atomic E-state index is 14.3. The molecule has 2 saturated heterocycles. The highest BCUT2D eigenvalue weighted by Crippen LogP contribution is 2.37. The number of allylic oxidation sites excluding steroid dienone is 2. The second kappa shape index (κ2) is 9.22. The van der Waals surface area contributed by atoms with Crippen LogP contribution in [0.15, 0.2) is 41.0 Å². The van der Waals surface area contributed by atoms with Crippen LogP contribution in [-0.4, -0.2) is 56.9 Å². The van der Waals surface area contributed by atoms with E-state index in [0.717, 1.165) is 66.7 Å². The minimum Gasteiger partial charge on any atom is -0.334 e. The number of urea groups is 1. The van der Waals surface area contributed by atoms with Gasteiger partial charge in [-0.25, -0.2) is 9.18 Å². The number of aromatic amines is 1. The number of H-pyrrole nitrogens is 1. The third kappa shape index (κ3) is 4.29. The van der Waals surface area contributed by atoms with Crippen molar-refractivity contribution >= 4 is 12.2 Å². The first kappa shape index (κ1) is 22.5. The number of hydrogen-bond donors (Lipinski definition) is 2. The summed E-state index contributed by atoms with van der Waals surface area (Å²) in [5.41, 5.74) is 5.09. The van der Waals surface area contributed by atoms with Crippen molar-refractivity contribution in [2.45, 2.75) is 82.6 Å². The number of carbonyl (C=O) groups is 1. The van der Waals surface area contributed by atoms with Crippen LogP contribution in [0.1, 0.15) is 67.5 Å². The molecule has 2 bridgehead atoms. The number of benzene rings is 1. The molecular formula is C27H33FN6O. The van der Waals surface area contributed by atoms with Crippen LogP contribution in [0, 0.1) is 5.82 Å². The summed E-state index contributed by atoms with van der Waals surface area (Å²) in [5, 5.41) is 11.2. The molecule has 1 aromatic heterocycles. The summed E-state index contributed by atoms with van der Waals surface area (Å²) in [6.45, 7) is 3.87. The van der Waals surface area contributed by atoms with Gasteiger partial charge in [-0.1, -0.05) is 24.3 Å². The zero-order chi connectivity index (χ0) is 23.9. The number of carbonyl (C=O) groups excluding carboxylic acids is 1. The second-order valence-electron chi connectivity index (χ2n) is 10.4. The summed E-state index contributed by atoms with van der Waals surface area (Å²) >= 11 is 0. The standard InChI is InChI=1S/C27H33FN6O/c1-17-14-18(10-12-29-17)26-21-16-33(13-11-23(21)31-32-26)27(35)30-24-8-6-20-7-9-25(24)34(20)15-19-4-2-3-5-22(19)28/h2-5,12,14,18,20,24-25H,6-11,13,15-16H2,1H3,(H,30,35)(H,31,32). The lowest BCUT2D eigenvalue weighted by Crippen LogP contribution is -2.56. The van der Waals surface area contributed by atoms with Gasteiger partial charge >= 0.3 is 6.03 Å². The van der Waals surface area contributed by atoms with Crippen LogP contribution in [0.2, 0.25) is 0 Å². The van der Waals surface area contributed by atoms with Gasteiger partial charge in [0.25, 0.3) is 0 Å². The van der Waals surface area contributed by atoms with E-state index in [4.69, 9.17) is 0 Å². The molecule has 35 heavy (non-hydrogen) atoms. The number of aliphatic imine (C=N–C) groups is 1. The predicted molar refractivity (Wildman–Crippen MR) is 133 cm³/mol. The first-order chi connectivity index (χ1) is 17.1. The fraction of sp³-hybridized carbons (Fsp3) is 0.519. The van der Waals surface area contributed by atoms with Crippen LogP contribution in [0.25, 0.3) is 0 Å². The van der Waals surface area contributed by atoms with Crippen LogP contribution in [0.5, 0.6) is 0 Å². The molecule has 8 heteroatoms. The Morgan fingerprint density at radius 3 is 2.94 bits per heavy atom. The average Bonchev–Trinajstić information content (AvgIpc) is 3.40. The normalized spacial score (nSPS) is 28.1. The van der Waals surface area contributed by atoms with Gasteiger partial charge in [-0.3, -0.25) is 15.0 Å². The Labute approximate surface area is 205 Å². The van der Waals surface area contributed by atoms with E-state index >= 15 is 0 Å². The van der Waals surface area contributed by atoms with Crippen molar-refractivity contribution in [2.75, 3.05) is 6.54 Å². The Bertz CT molecular complexity index is 1170. The van der Waals surface area contributed by atoms with Gasteiger partial charge in [0.1, 0.15) is 5.82 Å². The number of fused-ring (bicyclic) bond motifs is 3. The Morgan fingerprint density at radius 1 is 1.23 bits per heavy atom. The van der Waals surface area contributed by atoms with E-state index in [1.807, 2.05) is 30.2 Å². The molecule has 5 heterocycles. The highest BCUT2D eigenvalue weighted by molar-refractivity contribution is 5.75. The molecule has 0 radical (unpaired) electrons. The lowest BCUT2D eigenvalue weighted by Gasteiger charge is -2.41. The quantitative estimate of drug-likeness (QED) is 0.692. The molecular weight excluding hydrogens is 443 g/mol. The predicted octanol–water partition coefficient (Wildman–Crippen LogP) is 4.27. The summed E-state index contributed by atoms with van der Waals surface area (Å²) in [6.07, 6.45) is 9.94. The van der Waals surface area contributed by atoms with E-state index in [0.29, 0.717) is 25.7 Å². The zero-order valence-electron chi connectivity index (χ0n) is 20.2. The Morgan fingerprint density at radius 2 is 2.09 bits per heavy atom. The molecule has 0 aliphatic carbocycles. The molecule has 1 aromatic carbocycles. The number of piperidine rings is 1. The molecule has 0 spiro atoms. The van der Waals surface area contributed by atoms with E-state index in [9.17, 15) is 9.18 Å². The van der Waals surface area contributed by atoms with Crippen molar-refractivity contribution in [1.29, 1.82) is 0 Å². The van der Waals surface area contributed by atoms with Crippen LogP contribution in [0.3, 0.4) is 0 Å². The number of rotatable bonds is 4. The van der Waals surface area contributed by atoms with E-state index in [2.05, 4.69) is 31.5 Å². The minimum absolute atomic E-state index is 0.000853. The number of amides is 2. The second-order valence-corrected chi connectivity index (χ2v) is 10.4. The fourth-order valence-corrected chi connectivity index (χ4v) is 6.46. The van der Waals surface area contributed by atoms with Crippen LogP contribution >= 0.6 is 0 Å².